The summed E-state index contributed by atoms with van der Waals surface area (Å²) >= 11 is 0. The highest BCUT2D eigenvalue weighted by Crippen LogP contribution is 2.50. The molecule has 0 saturated carbocycles. The highest BCUT2D eigenvalue weighted by molar-refractivity contribution is 5.88. The number of halogens is 4. The maximum absolute atomic E-state index is 14.5. The number of anilines is 2. The lowest BCUT2D eigenvalue weighted by Crippen LogP contribution is -2.80. The van der Waals surface area contributed by atoms with Crippen molar-refractivity contribution in [2.45, 2.75) is 75.3 Å². The van der Waals surface area contributed by atoms with Gasteiger partial charge in [-0.15, -0.1) is 0 Å². The van der Waals surface area contributed by atoms with Crippen molar-refractivity contribution < 1.29 is 27.2 Å². The van der Waals surface area contributed by atoms with E-state index in [0.717, 1.165) is 46.6 Å². The van der Waals surface area contributed by atoms with E-state index in [1.807, 2.05) is 24.0 Å². The first kappa shape index (κ1) is 39.1. The van der Waals surface area contributed by atoms with E-state index in [9.17, 15) is 27.2 Å². The van der Waals surface area contributed by atoms with Crippen molar-refractivity contribution in [3.8, 4) is 12.1 Å². The SMILES string of the molecule is Cc1cc(C)n(C(=O)CC#N)n1.FC1(F)CNC12CCCN(c1ncnc3[nH]ccc13)C2.N#CCC(=O)N1CC(F)(F)C12CCCN(c1ncnc3[nH]ccc13)C2. The number of H-pyrrole nitrogens is 2. The van der Waals surface area contributed by atoms with E-state index in [0.29, 0.717) is 30.9 Å². The molecule has 1 amide bonds. The van der Waals surface area contributed by atoms with Crippen LogP contribution in [0.25, 0.3) is 22.1 Å². The first-order valence-electron chi connectivity index (χ1n) is 18.4. The fourth-order valence-electron chi connectivity index (χ4n) is 8.23. The molecule has 298 valence electrons. The third-order valence-electron chi connectivity index (χ3n) is 11.1. The summed E-state index contributed by atoms with van der Waals surface area (Å²) < 4.78 is 58.1. The Morgan fingerprint density at radius 3 is 1.88 bits per heavy atom. The van der Waals surface area contributed by atoms with E-state index < -0.39 is 35.4 Å². The van der Waals surface area contributed by atoms with Crippen LogP contribution in [0, 0.1) is 36.5 Å². The van der Waals surface area contributed by atoms with Gasteiger partial charge in [-0.1, -0.05) is 0 Å². The van der Waals surface area contributed by atoms with Crippen molar-refractivity contribution >= 4 is 45.5 Å². The first-order valence-corrected chi connectivity index (χ1v) is 18.4. The van der Waals surface area contributed by atoms with Crippen LogP contribution in [0.15, 0.2) is 43.2 Å². The Kier molecular flexibility index (Phi) is 10.3. The van der Waals surface area contributed by atoms with Crippen LogP contribution in [-0.2, 0) is 4.79 Å². The number of hydrogen-bond donors (Lipinski definition) is 3. The highest BCUT2D eigenvalue weighted by atomic mass is 19.3. The Labute approximate surface area is 323 Å². The van der Waals surface area contributed by atoms with Gasteiger partial charge in [-0.2, -0.15) is 15.6 Å². The lowest BCUT2D eigenvalue weighted by atomic mass is 9.74. The highest BCUT2D eigenvalue weighted by Gasteiger charge is 2.69. The molecule has 4 aliphatic rings. The van der Waals surface area contributed by atoms with Crippen LogP contribution in [0.2, 0.25) is 0 Å². The van der Waals surface area contributed by atoms with Crippen molar-refractivity contribution in [1.82, 2.24) is 49.9 Å². The summed E-state index contributed by atoms with van der Waals surface area (Å²) in [4.78, 5) is 51.0. The van der Waals surface area contributed by atoms with Crippen LogP contribution < -0.4 is 15.1 Å². The molecule has 3 N–H and O–H groups in total. The number of carbonyl (C=O) groups is 2. The monoisotopic (exact) mass is 788 g/mol. The second-order valence-electron chi connectivity index (χ2n) is 14.7. The van der Waals surface area contributed by atoms with Gasteiger partial charge in [-0.3, -0.25) is 14.9 Å². The third kappa shape index (κ3) is 6.98. The summed E-state index contributed by atoms with van der Waals surface area (Å²) in [6, 6.07) is 9.04. The topological polar surface area (TPSA) is 204 Å². The predicted molar refractivity (Wildman–Crippen MR) is 199 cm³/mol. The van der Waals surface area contributed by atoms with Gasteiger partial charge in [0, 0.05) is 44.3 Å². The lowest BCUT2D eigenvalue weighted by molar-refractivity contribution is -0.243. The van der Waals surface area contributed by atoms with Gasteiger partial charge in [-0.25, -0.2) is 42.2 Å². The number of piperidine rings is 2. The van der Waals surface area contributed by atoms with E-state index in [-0.39, 0.29) is 44.8 Å². The summed E-state index contributed by atoms with van der Waals surface area (Å²) in [5.41, 5.74) is 0.294. The number of aryl methyl sites for hydroxylation is 2. The molecule has 4 aliphatic heterocycles. The number of aromatic nitrogens is 8. The average Bonchev–Trinajstić information content (AvgIpc) is 3.97. The van der Waals surface area contributed by atoms with Crippen LogP contribution in [-0.4, -0.2) is 119 Å². The van der Waals surface area contributed by atoms with Gasteiger partial charge >= 0.3 is 0 Å². The summed E-state index contributed by atoms with van der Waals surface area (Å²) in [6.45, 7) is 4.37. The molecular weight excluding hydrogens is 748 g/mol. The number of rotatable bonds is 4. The minimum absolute atomic E-state index is 0.00549. The quantitative estimate of drug-likeness (QED) is 0.219. The van der Waals surface area contributed by atoms with E-state index in [1.165, 1.54) is 22.2 Å². The second-order valence-corrected chi connectivity index (χ2v) is 14.7. The molecule has 0 aromatic carbocycles. The molecule has 0 bridgehead atoms. The molecule has 5 aromatic rings. The number of hydrogen-bond acceptors (Lipinski definition) is 12. The number of nitriles is 2. The minimum Gasteiger partial charge on any atom is -0.354 e. The number of alkyl halides is 4. The Bertz CT molecular complexity index is 2380. The number of likely N-dealkylation sites (tertiary alicyclic amines) is 1. The van der Waals surface area contributed by atoms with Crippen molar-refractivity contribution in [2.75, 3.05) is 49.1 Å². The van der Waals surface area contributed by atoms with Gasteiger partial charge in [-0.05, 0) is 57.7 Å². The average molecular weight is 789 g/mol. The Morgan fingerprint density at radius 1 is 0.789 bits per heavy atom. The summed E-state index contributed by atoms with van der Waals surface area (Å²) in [5, 5.41) is 25.6. The molecule has 0 radical (unpaired) electrons. The Morgan fingerprint density at radius 2 is 1.37 bits per heavy atom. The first-order chi connectivity index (χ1) is 27.2. The largest absolute Gasteiger partial charge is 0.354 e. The molecule has 57 heavy (non-hydrogen) atoms. The van der Waals surface area contributed by atoms with Crippen molar-refractivity contribution in [3.63, 3.8) is 0 Å². The van der Waals surface area contributed by atoms with Crippen molar-refractivity contribution in [3.05, 3.63) is 54.6 Å². The van der Waals surface area contributed by atoms with Crippen molar-refractivity contribution in [2.24, 2.45) is 0 Å². The van der Waals surface area contributed by atoms with Gasteiger partial charge in [0.2, 0.25) is 5.91 Å². The second kappa shape index (κ2) is 15.1. The van der Waals surface area contributed by atoms with Crippen molar-refractivity contribution in [1.29, 1.82) is 10.5 Å². The molecule has 5 aromatic heterocycles. The maximum Gasteiger partial charge on any atom is 0.289 e. The van der Waals surface area contributed by atoms with E-state index in [1.54, 1.807) is 42.4 Å². The normalized spacial score (nSPS) is 23.1. The van der Waals surface area contributed by atoms with Gasteiger partial charge < -0.3 is 24.7 Å². The zero-order chi connectivity index (χ0) is 40.6. The molecule has 16 nitrogen and oxygen atoms in total. The van der Waals surface area contributed by atoms with Crippen LogP contribution in [0.4, 0.5) is 29.2 Å². The predicted octanol–water partition coefficient (Wildman–Crippen LogP) is 4.28. The van der Waals surface area contributed by atoms with Gasteiger partial charge in [0.05, 0.1) is 41.7 Å². The van der Waals surface area contributed by atoms with E-state index in [2.05, 4.69) is 40.3 Å². The molecule has 2 spiro atoms. The zero-order valence-corrected chi connectivity index (χ0v) is 31.3. The number of nitrogens with one attached hydrogen (secondary N) is 3. The minimum atomic E-state index is -2.97. The number of amides is 1. The zero-order valence-electron chi connectivity index (χ0n) is 31.3. The van der Waals surface area contributed by atoms with Crippen LogP contribution in [0.5, 0.6) is 0 Å². The smallest absolute Gasteiger partial charge is 0.289 e. The fourth-order valence-corrected chi connectivity index (χ4v) is 8.23. The molecule has 4 fully saturated rings. The molecule has 20 heteroatoms. The molecule has 2 unspecified atom stereocenters. The summed E-state index contributed by atoms with van der Waals surface area (Å²) in [7, 11) is 0. The number of fused-ring (bicyclic) bond motifs is 2. The maximum atomic E-state index is 14.5. The van der Waals surface area contributed by atoms with Gasteiger partial charge in [0.15, 0.2) is 0 Å². The number of aromatic amines is 2. The number of nitrogens with zero attached hydrogens (tertiary/aromatic N) is 11. The Hall–Kier alpha value is -6.15. The molecule has 2 atom stereocenters. The molecular formula is C37H40F4N14O2. The lowest BCUT2D eigenvalue weighted by Gasteiger charge is -2.61. The van der Waals surface area contributed by atoms with Gasteiger partial charge in [0.25, 0.3) is 17.8 Å². The molecule has 4 saturated heterocycles. The summed E-state index contributed by atoms with van der Waals surface area (Å²) in [5.74, 6) is -5.09. The summed E-state index contributed by atoms with van der Waals surface area (Å²) in [6.07, 6.45) is 7.86. The van der Waals surface area contributed by atoms with E-state index in [4.69, 9.17) is 10.5 Å². The number of carbonyl (C=O) groups excluding carboxylic acids is 2. The Balaban J connectivity index is 0.000000139. The standard InChI is InChI=1S/C16H16F2N6O.C13H15F2N5.C8H9N3O/c17-16(18)9-24(12(25)2-5-19)15(16)4-1-7-23(8-15)14-11-3-6-20-13(11)21-10-22-14;14-13(15)6-19-12(13)3-1-5-20(7-12)11-9-2-4-16-10(9)17-8-18-11;1-6-5-7(2)11(10-6)8(12)3-4-9/h3,6,10H,1-2,4,7-9H2,(H,20,21,22);2,4,8,19H,1,3,5-7H2,(H,16,17,18);5H,3H2,1-2H3. The van der Waals surface area contributed by atoms with Crippen LogP contribution >= 0.6 is 0 Å². The van der Waals surface area contributed by atoms with Crippen LogP contribution in [0.3, 0.4) is 0 Å². The van der Waals surface area contributed by atoms with E-state index >= 15 is 0 Å². The van der Waals surface area contributed by atoms with Crippen LogP contribution in [0.1, 0.15) is 54.7 Å². The fraction of sp³-hybridized carbons (Fsp3) is 0.486. The van der Waals surface area contributed by atoms with Gasteiger partial charge in [0.1, 0.15) is 59.5 Å². The third-order valence-corrected chi connectivity index (χ3v) is 11.1. The molecule has 0 aliphatic carbocycles. The molecule has 9 rings (SSSR count). The molecule has 9 heterocycles.